The van der Waals surface area contributed by atoms with Crippen LogP contribution in [-0.4, -0.2) is 10.1 Å². The van der Waals surface area contributed by atoms with Gasteiger partial charge in [-0.2, -0.15) is 0 Å². The Morgan fingerprint density at radius 3 is 2.39 bits per heavy atom. The molecule has 2 aromatic heterocycles. The Morgan fingerprint density at radius 1 is 0.968 bits per heavy atom. The van der Waals surface area contributed by atoms with Crippen molar-refractivity contribution in [1.82, 2.24) is 10.3 Å². The average molecular weight is 508 g/mol. The monoisotopic (exact) mass is 507 g/mol. The number of nitrogens with zero attached hydrogens (tertiary/aromatic N) is 2. The first-order valence-electron chi connectivity index (χ1n) is 9.76. The lowest BCUT2D eigenvalue weighted by atomic mass is 10.0. The highest BCUT2D eigenvalue weighted by Gasteiger charge is 2.41. The minimum absolute atomic E-state index is 0.000378. The van der Waals surface area contributed by atoms with Crippen molar-refractivity contribution < 1.29 is 4.74 Å². The molecule has 0 bridgehead atoms. The molecule has 1 saturated heterocycles. The van der Waals surface area contributed by atoms with E-state index in [-0.39, 0.29) is 12.1 Å². The van der Waals surface area contributed by atoms with Crippen LogP contribution >= 0.6 is 39.5 Å². The first kappa shape index (κ1) is 20.2. The molecule has 4 nitrogen and oxygen atoms in total. The van der Waals surface area contributed by atoms with Gasteiger partial charge >= 0.3 is 0 Å². The van der Waals surface area contributed by atoms with Crippen LogP contribution in [0.2, 0.25) is 0 Å². The van der Waals surface area contributed by atoms with E-state index in [1.807, 2.05) is 79.0 Å². The second kappa shape index (κ2) is 8.78. The third-order valence-corrected chi connectivity index (χ3v) is 7.15. The van der Waals surface area contributed by atoms with E-state index in [1.54, 1.807) is 11.3 Å². The maximum Gasteiger partial charge on any atom is 0.174 e. The summed E-state index contributed by atoms with van der Waals surface area (Å²) in [7, 11) is 0. The molecule has 0 spiro atoms. The van der Waals surface area contributed by atoms with Crippen molar-refractivity contribution in [2.45, 2.75) is 12.1 Å². The number of anilines is 1. The van der Waals surface area contributed by atoms with Crippen molar-refractivity contribution in [3.05, 3.63) is 105 Å². The van der Waals surface area contributed by atoms with Crippen LogP contribution in [0.15, 0.2) is 94.9 Å². The molecule has 0 saturated carbocycles. The number of thiophene rings is 1. The summed E-state index contributed by atoms with van der Waals surface area (Å²) in [4.78, 5) is 7.96. The lowest BCUT2D eigenvalue weighted by Crippen LogP contribution is -2.28. The zero-order valence-electron chi connectivity index (χ0n) is 16.3. The summed E-state index contributed by atoms with van der Waals surface area (Å²) in [5.41, 5.74) is 1.97. The molecule has 7 heteroatoms. The Balaban J connectivity index is 1.48. The summed E-state index contributed by atoms with van der Waals surface area (Å²) < 4.78 is 7.01. The summed E-state index contributed by atoms with van der Waals surface area (Å²) in [6, 6.07) is 25.9. The fourth-order valence-electron chi connectivity index (χ4n) is 3.70. The topological polar surface area (TPSA) is 37.4 Å². The predicted octanol–water partition coefficient (Wildman–Crippen LogP) is 6.88. The number of thiocarbonyl (C=S) groups is 1. The van der Waals surface area contributed by atoms with Crippen molar-refractivity contribution in [2.75, 3.05) is 4.90 Å². The number of nitrogens with one attached hydrogen (secondary N) is 1. The number of hydrogen-bond acceptors (Lipinski definition) is 4. The fourth-order valence-corrected chi connectivity index (χ4v) is 5.62. The largest absolute Gasteiger partial charge is 0.457 e. The molecule has 0 radical (unpaired) electrons. The molecule has 5 rings (SSSR count). The molecule has 2 atom stereocenters. The van der Waals surface area contributed by atoms with Gasteiger partial charge in [-0.25, -0.2) is 0 Å². The van der Waals surface area contributed by atoms with Crippen LogP contribution < -0.4 is 15.0 Å². The molecule has 154 valence electrons. The number of hydrogen-bond donors (Lipinski definition) is 1. The zero-order chi connectivity index (χ0) is 21.2. The number of halogens is 1. The van der Waals surface area contributed by atoms with E-state index in [1.165, 1.54) is 4.88 Å². The highest BCUT2D eigenvalue weighted by Crippen LogP contribution is 2.44. The van der Waals surface area contributed by atoms with Gasteiger partial charge in [-0.05, 0) is 82.7 Å². The van der Waals surface area contributed by atoms with Crippen LogP contribution in [0.25, 0.3) is 0 Å². The Labute approximate surface area is 198 Å². The molecule has 4 aromatic rings. The molecule has 1 aliphatic heterocycles. The molecule has 0 amide bonds. The Morgan fingerprint density at radius 2 is 1.71 bits per heavy atom. The predicted molar refractivity (Wildman–Crippen MR) is 133 cm³/mol. The Bertz CT molecular complexity index is 1180. The lowest BCUT2D eigenvalue weighted by Gasteiger charge is -2.27. The van der Waals surface area contributed by atoms with E-state index in [9.17, 15) is 0 Å². The number of aromatic nitrogens is 1. The van der Waals surface area contributed by atoms with Gasteiger partial charge in [0.1, 0.15) is 11.5 Å². The van der Waals surface area contributed by atoms with Crippen LogP contribution in [0, 0.1) is 0 Å². The Kier molecular flexibility index (Phi) is 5.72. The van der Waals surface area contributed by atoms with E-state index in [0.29, 0.717) is 5.11 Å². The number of benzene rings is 2. The minimum atomic E-state index is -0.0421. The van der Waals surface area contributed by atoms with Gasteiger partial charge in [-0.15, -0.1) is 11.3 Å². The van der Waals surface area contributed by atoms with Crippen molar-refractivity contribution >= 4 is 50.3 Å². The third kappa shape index (κ3) is 4.21. The van der Waals surface area contributed by atoms with Gasteiger partial charge in [0.25, 0.3) is 0 Å². The second-order valence-electron chi connectivity index (χ2n) is 7.07. The molecular formula is C24H18BrN3OS2. The SMILES string of the molecule is S=C1NC(c2ccccn2)C(c2cc(Br)cs2)N1c1ccc(Oc2ccccc2)cc1. The zero-order valence-corrected chi connectivity index (χ0v) is 19.5. The van der Waals surface area contributed by atoms with Crippen LogP contribution in [0.4, 0.5) is 5.69 Å². The standard InChI is InChI=1S/C24H18BrN3OS2/c25-16-14-21(31-15-16)23-22(20-8-4-5-13-26-20)27-24(30)28(23)17-9-11-19(12-10-17)29-18-6-2-1-3-7-18/h1-15,22-23H,(H,27,30). The smallest absolute Gasteiger partial charge is 0.174 e. The summed E-state index contributed by atoms with van der Waals surface area (Å²) in [6.07, 6.45) is 1.82. The van der Waals surface area contributed by atoms with E-state index in [2.05, 4.69) is 42.6 Å². The molecular weight excluding hydrogens is 490 g/mol. The second-order valence-corrected chi connectivity index (χ2v) is 9.32. The molecule has 1 N–H and O–H groups in total. The van der Waals surface area contributed by atoms with E-state index in [0.717, 1.165) is 27.4 Å². The maximum atomic E-state index is 5.95. The molecule has 1 aliphatic rings. The van der Waals surface area contributed by atoms with Gasteiger partial charge in [0.15, 0.2) is 5.11 Å². The quantitative estimate of drug-likeness (QED) is 0.298. The fraction of sp³-hybridized carbons (Fsp3) is 0.0833. The van der Waals surface area contributed by atoms with E-state index in [4.69, 9.17) is 17.0 Å². The summed E-state index contributed by atoms with van der Waals surface area (Å²) >= 11 is 11.1. The van der Waals surface area contributed by atoms with Crippen molar-refractivity contribution in [3.63, 3.8) is 0 Å². The number of ether oxygens (including phenoxy) is 1. The van der Waals surface area contributed by atoms with Gasteiger partial charge < -0.3 is 15.0 Å². The molecule has 2 aromatic carbocycles. The molecule has 1 fully saturated rings. The summed E-state index contributed by atoms with van der Waals surface area (Å²) in [6.45, 7) is 0. The minimum Gasteiger partial charge on any atom is -0.457 e. The molecule has 0 aliphatic carbocycles. The lowest BCUT2D eigenvalue weighted by molar-refractivity contribution is 0.482. The third-order valence-electron chi connectivity index (χ3n) is 5.07. The van der Waals surface area contributed by atoms with Crippen LogP contribution in [0.5, 0.6) is 11.5 Å². The normalized spacial score (nSPS) is 18.1. The number of para-hydroxylation sites is 1. The first-order valence-corrected chi connectivity index (χ1v) is 11.8. The highest BCUT2D eigenvalue weighted by atomic mass is 79.9. The molecule has 2 unspecified atom stereocenters. The van der Waals surface area contributed by atoms with Gasteiger partial charge in [0.05, 0.1) is 17.8 Å². The molecule has 3 heterocycles. The van der Waals surface area contributed by atoms with Crippen LogP contribution in [-0.2, 0) is 0 Å². The first-order chi connectivity index (χ1) is 15.2. The van der Waals surface area contributed by atoms with Crippen LogP contribution in [0.1, 0.15) is 22.7 Å². The van der Waals surface area contributed by atoms with E-state index < -0.39 is 0 Å². The van der Waals surface area contributed by atoms with E-state index >= 15 is 0 Å². The average Bonchev–Trinajstić information content (AvgIpc) is 3.38. The van der Waals surface area contributed by atoms with Gasteiger partial charge in [-0.1, -0.05) is 24.3 Å². The number of pyridine rings is 1. The van der Waals surface area contributed by atoms with Crippen molar-refractivity contribution in [2.24, 2.45) is 0 Å². The highest BCUT2D eigenvalue weighted by molar-refractivity contribution is 9.10. The summed E-state index contributed by atoms with van der Waals surface area (Å²) in [5.74, 6) is 1.59. The number of rotatable bonds is 5. The Hall–Kier alpha value is -2.74. The van der Waals surface area contributed by atoms with Crippen molar-refractivity contribution in [3.8, 4) is 11.5 Å². The van der Waals surface area contributed by atoms with Gasteiger partial charge in [0.2, 0.25) is 0 Å². The summed E-state index contributed by atoms with van der Waals surface area (Å²) in [5, 5.41) is 6.27. The molecule has 31 heavy (non-hydrogen) atoms. The maximum absolute atomic E-state index is 5.95. The van der Waals surface area contributed by atoms with Crippen LogP contribution in [0.3, 0.4) is 0 Å². The van der Waals surface area contributed by atoms with Gasteiger partial charge in [0, 0.05) is 26.6 Å². The van der Waals surface area contributed by atoms with Crippen molar-refractivity contribution in [1.29, 1.82) is 0 Å². The van der Waals surface area contributed by atoms with Gasteiger partial charge in [-0.3, -0.25) is 4.98 Å².